The highest BCUT2D eigenvalue weighted by atomic mass is 32.2. The van der Waals surface area contributed by atoms with Crippen molar-refractivity contribution in [3.05, 3.63) is 102 Å². The van der Waals surface area contributed by atoms with Gasteiger partial charge in [0.05, 0.1) is 0 Å². The zero-order valence-electron chi connectivity index (χ0n) is 16.1. The van der Waals surface area contributed by atoms with E-state index in [0.717, 1.165) is 27.8 Å². The molecule has 0 aliphatic rings. The maximum atomic E-state index is 12.9. The second-order valence-electron chi connectivity index (χ2n) is 6.44. The Labute approximate surface area is 178 Å². The van der Waals surface area contributed by atoms with Crippen molar-refractivity contribution in [2.24, 2.45) is 0 Å². The lowest BCUT2D eigenvalue weighted by Crippen LogP contribution is -2.24. The van der Waals surface area contributed by atoms with E-state index in [-0.39, 0.29) is 5.91 Å². The largest absolute Gasteiger partial charge is 0.457 e. The van der Waals surface area contributed by atoms with Gasteiger partial charge in [-0.3, -0.25) is 9.89 Å². The summed E-state index contributed by atoms with van der Waals surface area (Å²) in [6.45, 7) is 0.366. The van der Waals surface area contributed by atoms with E-state index in [1.165, 1.54) is 18.1 Å². The maximum Gasteiger partial charge on any atom is 0.251 e. The number of ether oxygens (including phenoxy) is 1. The van der Waals surface area contributed by atoms with Gasteiger partial charge in [0, 0.05) is 23.4 Å². The number of carbonyl (C=O) groups excluding carboxylic acids is 1. The number of nitrogens with zero attached hydrogens (tertiary/aromatic N) is 2. The van der Waals surface area contributed by atoms with E-state index in [9.17, 15) is 4.79 Å². The van der Waals surface area contributed by atoms with E-state index in [4.69, 9.17) is 4.74 Å². The number of benzene rings is 3. The van der Waals surface area contributed by atoms with Gasteiger partial charge >= 0.3 is 0 Å². The minimum atomic E-state index is -0.127. The van der Waals surface area contributed by atoms with Crippen molar-refractivity contribution < 1.29 is 9.53 Å². The molecule has 0 atom stereocenters. The molecule has 4 rings (SSSR count). The number of carbonyl (C=O) groups is 1. The van der Waals surface area contributed by atoms with E-state index < -0.39 is 0 Å². The van der Waals surface area contributed by atoms with Gasteiger partial charge in [0.15, 0.2) is 5.16 Å². The van der Waals surface area contributed by atoms with Gasteiger partial charge in [-0.05, 0) is 29.8 Å². The van der Waals surface area contributed by atoms with E-state index in [2.05, 4.69) is 20.5 Å². The molecule has 0 aliphatic heterocycles. The smallest absolute Gasteiger partial charge is 0.251 e. The van der Waals surface area contributed by atoms with Gasteiger partial charge in [0.2, 0.25) is 0 Å². The van der Waals surface area contributed by atoms with Crippen LogP contribution in [-0.2, 0) is 12.3 Å². The summed E-state index contributed by atoms with van der Waals surface area (Å²) in [6.07, 6.45) is 1.47. The Morgan fingerprint density at radius 3 is 2.47 bits per heavy atom. The molecular formula is C23H20N4O2S. The first-order valence-electron chi connectivity index (χ1n) is 9.44. The molecular weight excluding hydrogens is 396 g/mol. The van der Waals surface area contributed by atoms with Gasteiger partial charge in [-0.2, -0.15) is 5.10 Å². The van der Waals surface area contributed by atoms with Crippen LogP contribution in [0.1, 0.15) is 21.5 Å². The zero-order valence-corrected chi connectivity index (χ0v) is 16.9. The van der Waals surface area contributed by atoms with Gasteiger partial charge < -0.3 is 10.1 Å². The molecule has 1 aromatic heterocycles. The number of para-hydroxylation sites is 2. The third kappa shape index (κ3) is 5.07. The number of H-pyrrole nitrogens is 1. The van der Waals surface area contributed by atoms with Crippen LogP contribution in [0.5, 0.6) is 11.5 Å². The van der Waals surface area contributed by atoms with Gasteiger partial charge in [-0.1, -0.05) is 66.4 Å². The number of amides is 1. The molecule has 0 unspecified atom stereocenters. The first-order valence-corrected chi connectivity index (χ1v) is 10.4. The quantitative estimate of drug-likeness (QED) is 0.403. The highest BCUT2D eigenvalue weighted by Gasteiger charge is 2.13. The summed E-state index contributed by atoms with van der Waals surface area (Å²) in [4.78, 5) is 17.0. The van der Waals surface area contributed by atoms with Crippen molar-refractivity contribution in [1.29, 1.82) is 0 Å². The molecule has 0 saturated heterocycles. The molecule has 30 heavy (non-hydrogen) atoms. The third-order valence-corrected chi connectivity index (χ3v) is 5.33. The highest BCUT2D eigenvalue weighted by molar-refractivity contribution is 7.98. The number of thioether (sulfide) groups is 1. The molecule has 7 heteroatoms. The molecule has 150 valence electrons. The number of hydrogen-bond acceptors (Lipinski definition) is 5. The highest BCUT2D eigenvalue weighted by Crippen LogP contribution is 2.25. The van der Waals surface area contributed by atoms with Crippen molar-refractivity contribution in [1.82, 2.24) is 20.5 Å². The summed E-state index contributed by atoms with van der Waals surface area (Å²) in [7, 11) is 0. The van der Waals surface area contributed by atoms with Gasteiger partial charge in [-0.15, -0.1) is 0 Å². The van der Waals surface area contributed by atoms with Crippen LogP contribution in [0.2, 0.25) is 0 Å². The standard InChI is InChI=1S/C23H20N4O2S/c28-22(20-12-6-4-9-18(20)15-30-23-25-16-26-27-23)24-14-17-8-5-7-13-21(17)29-19-10-2-1-3-11-19/h1-13,16H,14-15H2,(H,24,28)(H,25,26,27). The average Bonchev–Trinajstić information content (AvgIpc) is 3.31. The normalized spacial score (nSPS) is 10.5. The zero-order chi connectivity index (χ0) is 20.6. The number of nitrogens with one attached hydrogen (secondary N) is 2. The van der Waals surface area contributed by atoms with Crippen LogP contribution < -0.4 is 10.1 Å². The van der Waals surface area contributed by atoms with E-state index in [0.29, 0.717) is 17.9 Å². The molecule has 1 heterocycles. The number of aromatic amines is 1. The number of aromatic nitrogens is 3. The second-order valence-corrected chi connectivity index (χ2v) is 7.41. The van der Waals surface area contributed by atoms with Crippen LogP contribution >= 0.6 is 11.8 Å². The Balaban J connectivity index is 1.43. The average molecular weight is 417 g/mol. The minimum Gasteiger partial charge on any atom is -0.457 e. The van der Waals surface area contributed by atoms with Crippen molar-refractivity contribution in [3.8, 4) is 11.5 Å². The summed E-state index contributed by atoms with van der Waals surface area (Å²) < 4.78 is 5.98. The Bertz CT molecular complexity index is 1100. The summed E-state index contributed by atoms with van der Waals surface area (Å²) in [6, 6.07) is 24.9. The minimum absolute atomic E-state index is 0.127. The van der Waals surface area contributed by atoms with Crippen molar-refractivity contribution in [3.63, 3.8) is 0 Å². The molecule has 0 radical (unpaired) electrons. The van der Waals surface area contributed by atoms with Gasteiger partial charge in [-0.25, -0.2) is 4.98 Å². The fourth-order valence-corrected chi connectivity index (χ4v) is 3.70. The Morgan fingerprint density at radius 2 is 1.67 bits per heavy atom. The molecule has 0 saturated carbocycles. The number of hydrogen-bond donors (Lipinski definition) is 2. The SMILES string of the molecule is O=C(NCc1ccccc1Oc1ccccc1)c1ccccc1CSc1ncn[nH]1. The van der Waals surface area contributed by atoms with E-state index in [1.54, 1.807) is 0 Å². The lowest BCUT2D eigenvalue weighted by molar-refractivity contribution is 0.0950. The molecule has 0 aliphatic carbocycles. The molecule has 1 amide bonds. The fourth-order valence-electron chi connectivity index (χ4n) is 2.91. The Hall–Kier alpha value is -3.58. The fraction of sp³-hybridized carbons (Fsp3) is 0.0870. The van der Waals surface area contributed by atoms with Crippen LogP contribution in [0.4, 0.5) is 0 Å². The summed E-state index contributed by atoms with van der Waals surface area (Å²) in [5.74, 6) is 1.97. The first-order chi connectivity index (χ1) is 14.8. The second kappa shape index (κ2) is 9.76. The predicted molar refractivity (Wildman–Crippen MR) is 117 cm³/mol. The summed E-state index contributed by atoms with van der Waals surface area (Å²) in [5, 5.41) is 10.4. The van der Waals surface area contributed by atoms with Crippen molar-refractivity contribution >= 4 is 17.7 Å². The predicted octanol–water partition coefficient (Wildman–Crippen LogP) is 4.82. The number of rotatable bonds is 8. The van der Waals surface area contributed by atoms with Crippen LogP contribution in [0.25, 0.3) is 0 Å². The van der Waals surface area contributed by atoms with Crippen molar-refractivity contribution in [2.75, 3.05) is 0 Å². The molecule has 6 nitrogen and oxygen atoms in total. The summed E-state index contributed by atoms with van der Waals surface area (Å²) >= 11 is 1.50. The van der Waals surface area contributed by atoms with E-state index in [1.807, 2.05) is 78.9 Å². The summed E-state index contributed by atoms with van der Waals surface area (Å²) in [5.41, 5.74) is 2.49. The van der Waals surface area contributed by atoms with Crippen LogP contribution in [0, 0.1) is 0 Å². The first kappa shape index (κ1) is 19.7. The lowest BCUT2D eigenvalue weighted by Gasteiger charge is -2.13. The van der Waals surface area contributed by atoms with Crippen LogP contribution in [0.3, 0.4) is 0 Å². The van der Waals surface area contributed by atoms with Crippen LogP contribution in [0.15, 0.2) is 90.3 Å². The van der Waals surface area contributed by atoms with Gasteiger partial charge in [0.1, 0.15) is 17.8 Å². The molecule has 4 aromatic rings. The topological polar surface area (TPSA) is 79.9 Å². The lowest BCUT2D eigenvalue weighted by atomic mass is 10.1. The molecule has 0 fully saturated rings. The van der Waals surface area contributed by atoms with E-state index >= 15 is 0 Å². The van der Waals surface area contributed by atoms with Gasteiger partial charge in [0.25, 0.3) is 5.91 Å². The molecule has 0 bridgehead atoms. The Kier molecular flexibility index (Phi) is 6.41. The molecule has 2 N–H and O–H groups in total. The Morgan fingerprint density at radius 1 is 0.933 bits per heavy atom. The van der Waals surface area contributed by atoms with Crippen LogP contribution in [-0.4, -0.2) is 21.1 Å². The molecule has 0 spiro atoms. The maximum absolute atomic E-state index is 12.9. The molecule has 3 aromatic carbocycles. The monoisotopic (exact) mass is 416 g/mol. The van der Waals surface area contributed by atoms with Crippen molar-refractivity contribution in [2.45, 2.75) is 17.5 Å². The third-order valence-electron chi connectivity index (χ3n) is 4.40.